The second-order valence-corrected chi connectivity index (χ2v) is 4.56. The number of aromatic nitrogens is 3. The maximum Gasteiger partial charge on any atom is 0.203 e. The van der Waals surface area contributed by atoms with E-state index in [0.717, 1.165) is 16.0 Å². The van der Waals surface area contributed by atoms with Gasteiger partial charge in [0.05, 0.1) is 6.04 Å². The van der Waals surface area contributed by atoms with Crippen LogP contribution < -0.4 is 5.32 Å². The minimum Gasteiger partial charge on any atom is -0.351 e. The van der Waals surface area contributed by atoms with Gasteiger partial charge < -0.3 is 5.32 Å². The molecular weight excluding hydrogens is 216 g/mol. The molecule has 74 valence electrons. The van der Waals surface area contributed by atoms with E-state index in [9.17, 15) is 0 Å². The van der Waals surface area contributed by atoms with Gasteiger partial charge in [-0.3, -0.25) is 0 Å². The number of hydrogen-bond acceptors (Lipinski definition) is 6. The normalized spacial score (nSPS) is 12.7. The van der Waals surface area contributed by atoms with Gasteiger partial charge in [-0.25, -0.2) is 9.97 Å². The third kappa shape index (κ3) is 2.08. The number of nitrogens with one attached hydrogen (secondary N) is 1. The van der Waals surface area contributed by atoms with Crippen LogP contribution in [0.3, 0.4) is 0 Å². The van der Waals surface area contributed by atoms with Crippen molar-refractivity contribution >= 4 is 28.0 Å². The number of nitrogens with zero attached hydrogens (tertiary/aromatic N) is 3. The highest BCUT2D eigenvalue weighted by Gasteiger charge is 2.09. The van der Waals surface area contributed by atoms with E-state index in [1.54, 1.807) is 11.3 Å². The Hall–Kier alpha value is -1.01. The molecule has 2 heterocycles. The Morgan fingerprint density at radius 1 is 1.50 bits per heavy atom. The molecule has 0 radical (unpaired) electrons. The molecule has 2 aromatic heterocycles. The van der Waals surface area contributed by atoms with Gasteiger partial charge in [-0.15, -0.1) is 11.3 Å². The van der Waals surface area contributed by atoms with Crippen molar-refractivity contribution in [1.82, 2.24) is 14.3 Å². The van der Waals surface area contributed by atoms with E-state index in [0.29, 0.717) is 0 Å². The lowest BCUT2D eigenvalue weighted by Gasteiger charge is -2.08. The molecule has 0 saturated carbocycles. The fraction of sp³-hybridized carbons (Fsp3) is 0.375. The zero-order chi connectivity index (χ0) is 9.97. The largest absolute Gasteiger partial charge is 0.351 e. The van der Waals surface area contributed by atoms with E-state index in [1.165, 1.54) is 11.5 Å². The van der Waals surface area contributed by atoms with Crippen LogP contribution in [0.15, 0.2) is 11.6 Å². The first-order valence-electron chi connectivity index (χ1n) is 4.22. The average molecular weight is 226 g/mol. The molecule has 2 aromatic rings. The minimum atomic E-state index is 0.197. The molecule has 14 heavy (non-hydrogen) atoms. The molecule has 0 spiro atoms. The number of anilines is 1. The van der Waals surface area contributed by atoms with Crippen molar-refractivity contribution in [3.8, 4) is 0 Å². The Bertz CT molecular complexity index is 395. The van der Waals surface area contributed by atoms with E-state index in [4.69, 9.17) is 0 Å². The molecule has 0 saturated heterocycles. The Balaban J connectivity index is 2.05. The quantitative estimate of drug-likeness (QED) is 0.873. The van der Waals surface area contributed by atoms with Gasteiger partial charge in [-0.2, -0.15) is 4.37 Å². The van der Waals surface area contributed by atoms with E-state index in [-0.39, 0.29) is 6.04 Å². The predicted molar refractivity (Wildman–Crippen MR) is 58.8 cm³/mol. The van der Waals surface area contributed by atoms with Gasteiger partial charge >= 0.3 is 0 Å². The van der Waals surface area contributed by atoms with E-state index in [1.807, 2.05) is 18.5 Å². The number of thiazole rings is 1. The fourth-order valence-electron chi connectivity index (χ4n) is 1.05. The second-order valence-electron chi connectivity index (χ2n) is 2.88. The topological polar surface area (TPSA) is 50.7 Å². The van der Waals surface area contributed by atoms with Crippen LogP contribution in [-0.2, 0) is 0 Å². The summed E-state index contributed by atoms with van der Waals surface area (Å²) in [5.41, 5.74) is 0. The Morgan fingerprint density at radius 2 is 2.36 bits per heavy atom. The molecule has 2 rings (SSSR count). The van der Waals surface area contributed by atoms with Crippen molar-refractivity contribution in [3.05, 3.63) is 22.4 Å². The predicted octanol–water partition coefficient (Wildman–Crippen LogP) is 2.48. The number of rotatable bonds is 3. The number of aryl methyl sites for hydroxylation is 1. The van der Waals surface area contributed by atoms with Crippen molar-refractivity contribution in [2.24, 2.45) is 0 Å². The molecule has 0 aliphatic heterocycles. The van der Waals surface area contributed by atoms with Gasteiger partial charge in [0.15, 0.2) is 0 Å². The summed E-state index contributed by atoms with van der Waals surface area (Å²) in [6.07, 6.45) is 1.81. The Kier molecular flexibility index (Phi) is 2.74. The van der Waals surface area contributed by atoms with Crippen molar-refractivity contribution < 1.29 is 0 Å². The molecule has 0 bridgehead atoms. The summed E-state index contributed by atoms with van der Waals surface area (Å²) in [4.78, 5) is 8.47. The molecule has 4 nitrogen and oxygen atoms in total. The van der Waals surface area contributed by atoms with Crippen molar-refractivity contribution in [2.75, 3.05) is 5.32 Å². The van der Waals surface area contributed by atoms with Crippen molar-refractivity contribution in [1.29, 1.82) is 0 Å². The summed E-state index contributed by atoms with van der Waals surface area (Å²) in [7, 11) is 0. The summed E-state index contributed by atoms with van der Waals surface area (Å²) >= 11 is 3.02. The van der Waals surface area contributed by atoms with E-state index < -0.39 is 0 Å². The lowest BCUT2D eigenvalue weighted by atomic mass is 10.4. The maximum absolute atomic E-state index is 4.23. The SMILES string of the molecule is Cc1nsc(NC(C)c2nccs2)n1. The van der Waals surface area contributed by atoms with Crippen LogP contribution in [0.25, 0.3) is 0 Å². The summed E-state index contributed by atoms with van der Waals surface area (Å²) in [5, 5.41) is 7.15. The lowest BCUT2D eigenvalue weighted by molar-refractivity contribution is 0.865. The van der Waals surface area contributed by atoms with Crippen LogP contribution in [0.2, 0.25) is 0 Å². The highest BCUT2D eigenvalue weighted by Crippen LogP contribution is 2.21. The molecule has 1 N–H and O–H groups in total. The summed E-state index contributed by atoms with van der Waals surface area (Å²) in [6, 6.07) is 0.197. The monoisotopic (exact) mass is 226 g/mol. The average Bonchev–Trinajstić information content (AvgIpc) is 2.75. The second kappa shape index (κ2) is 4.02. The third-order valence-electron chi connectivity index (χ3n) is 1.69. The maximum atomic E-state index is 4.23. The first-order chi connectivity index (χ1) is 6.75. The molecule has 1 atom stereocenters. The molecule has 6 heteroatoms. The van der Waals surface area contributed by atoms with E-state index >= 15 is 0 Å². The molecule has 0 aliphatic carbocycles. The highest BCUT2D eigenvalue weighted by atomic mass is 32.1. The van der Waals surface area contributed by atoms with Crippen LogP contribution >= 0.6 is 22.9 Å². The van der Waals surface area contributed by atoms with Crippen LogP contribution in [-0.4, -0.2) is 14.3 Å². The number of hydrogen-bond donors (Lipinski definition) is 1. The van der Waals surface area contributed by atoms with Gasteiger partial charge in [0.2, 0.25) is 5.13 Å². The zero-order valence-corrected chi connectivity index (χ0v) is 9.52. The molecule has 0 aliphatic rings. The lowest BCUT2D eigenvalue weighted by Crippen LogP contribution is -2.05. The molecule has 1 unspecified atom stereocenters. The van der Waals surface area contributed by atoms with Crippen LogP contribution in [0.1, 0.15) is 23.8 Å². The first kappa shape index (κ1) is 9.54. The standard InChI is InChI=1S/C8H10N4S2/c1-5(7-9-3-4-13-7)10-8-11-6(2)12-14-8/h3-5H,1-2H3,(H,10,11,12). The zero-order valence-electron chi connectivity index (χ0n) is 7.89. The van der Waals surface area contributed by atoms with Gasteiger partial charge in [-0.1, -0.05) is 0 Å². The highest BCUT2D eigenvalue weighted by molar-refractivity contribution is 7.10. The van der Waals surface area contributed by atoms with Gasteiger partial charge in [-0.05, 0) is 13.8 Å². The third-order valence-corrected chi connectivity index (χ3v) is 3.39. The van der Waals surface area contributed by atoms with Gasteiger partial charge in [0, 0.05) is 23.1 Å². The van der Waals surface area contributed by atoms with Gasteiger partial charge in [0.1, 0.15) is 10.8 Å². The Labute approximate surface area is 90.2 Å². The minimum absolute atomic E-state index is 0.197. The van der Waals surface area contributed by atoms with Crippen LogP contribution in [0.4, 0.5) is 5.13 Å². The Morgan fingerprint density at radius 3 is 2.93 bits per heavy atom. The summed E-state index contributed by atoms with van der Waals surface area (Å²) < 4.78 is 4.10. The van der Waals surface area contributed by atoms with Gasteiger partial charge in [0.25, 0.3) is 0 Å². The molecule has 0 amide bonds. The summed E-state index contributed by atoms with van der Waals surface area (Å²) in [5.74, 6) is 0.809. The van der Waals surface area contributed by atoms with Crippen molar-refractivity contribution in [3.63, 3.8) is 0 Å². The van der Waals surface area contributed by atoms with Crippen molar-refractivity contribution in [2.45, 2.75) is 19.9 Å². The molecular formula is C8H10N4S2. The summed E-state index contributed by atoms with van der Waals surface area (Å²) in [6.45, 7) is 3.95. The molecule has 0 aromatic carbocycles. The first-order valence-corrected chi connectivity index (χ1v) is 5.87. The fourth-order valence-corrected chi connectivity index (χ4v) is 2.36. The van der Waals surface area contributed by atoms with Crippen LogP contribution in [0.5, 0.6) is 0 Å². The smallest absolute Gasteiger partial charge is 0.203 e. The molecule has 0 fully saturated rings. The van der Waals surface area contributed by atoms with Crippen LogP contribution in [0, 0.1) is 6.92 Å². The van der Waals surface area contributed by atoms with E-state index in [2.05, 4.69) is 26.6 Å².